The van der Waals surface area contributed by atoms with Gasteiger partial charge >= 0.3 is 0 Å². The molecular formula is C14H16FN3O. The smallest absolute Gasteiger partial charge is 0.224 e. The average Bonchev–Trinajstić information content (AvgIpc) is 2.78. The minimum Gasteiger partial charge on any atom is -0.355 e. The van der Waals surface area contributed by atoms with Crippen molar-refractivity contribution in [3.63, 3.8) is 0 Å². The van der Waals surface area contributed by atoms with Crippen molar-refractivity contribution < 1.29 is 9.18 Å². The molecule has 1 amide bonds. The number of halogens is 1. The molecule has 2 rings (SSSR count). The topological polar surface area (TPSA) is 57.8 Å². The Bertz CT molecular complexity index is 548. The number of imidazole rings is 1. The first kappa shape index (κ1) is 13.3. The highest BCUT2D eigenvalue weighted by atomic mass is 19.1. The van der Waals surface area contributed by atoms with E-state index in [9.17, 15) is 9.18 Å². The van der Waals surface area contributed by atoms with Gasteiger partial charge in [-0.15, -0.1) is 0 Å². The molecule has 0 fully saturated rings. The standard InChI is InChI=1S/C14H16FN3O/c1-10-17-9-13(18-10)6-7-16-14(19)8-11-2-4-12(15)5-3-11/h2-5,9H,6-8H2,1H3,(H,16,19)(H,17,18). The number of amides is 1. The first-order valence-corrected chi connectivity index (χ1v) is 6.15. The summed E-state index contributed by atoms with van der Waals surface area (Å²) in [5.41, 5.74) is 1.80. The lowest BCUT2D eigenvalue weighted by molar-refractivity contribution is -0.120. The van der Waals surface area contributed by atoms with Gasteiger partial charge in [0.25, 0.3) is 0 Å². The number of aromatic nitrogens is 2. The SMILES string of the molecule is Cc1ncc(CCNC(=O)Cc2ccc(F)cc2)[nH]1. The number of rotatable bonds is 5. The van der Waals surface area contributed by atoms with E-state index in [1.165, 1.54) is 12.1 Å². The minimum atomic E-state index is -0.293. The number of carbonyl (C=O) groups excluding carboxylic acids is 1. The van der Waals surface area contributed by atoms with Crippen LogP contribution in [0, 0.1) is 12.7 Å². The van der Waals surface area contributed by atoms with Gasteiger partial charge in [-0.25, -0.2) is 9.37 Å². The first-order valence-electron chi connectivity index (χ1n) is 6.15. The molecule has 0 bridgehead atoms. The Balaban J connectivity index is 1.74. The Morgan fingerprint density at radius 1 is 1.37 bits per heavy atom. The number of H-pyrrole nitrogens is 1. The van der Waals surface area contributed by atoms with Crippen molar-refractivity contribution in [2.24, 2.45) is 0 Å². The molecule has 5 heteroatoms. The maximum atomic E-state index is 12.7. The van der Waals surface area contributed by atoms with Crippen LogP contribution in [0.5, 0.6) is 0 Å². The quantitative estimate of drug-likeness (QED) is 0.861. The van der Waals surface area contributed by atoms with Gasteiger partial charge in [0, 0.05) is 24.9 Å². The van der Waals surface area contributed by atoms with E-state index in [4.69, 9.17) is 0 Å². The Labute approximate surface area is 111 Å². The van der Waals surface area contributed by atoms with Gasteiger partial charge in [-0.05, 0) is 24.6 Å². The van der Waals surface area contributed by atoms with E-state index in [0.717, 1.165) is 23.5 Å². The molecule has 19 heavy (non-hydrogen) atoms. The lowest BCUT2D eigenvalue weighted by Crippen LogP contribution is -2.27. The predicted molar refractivity (Wildman–Crippen MR) is 70.1 cm³/mol. The normalized spacial score (nSPS) is 10.4. The Morgan fingerprint density at radius 3 is 2.74 bits per heavy atom. The van der Waals surface area contributed by atoms with Gasteiger partial charge in [0.2, 0.25) is 5.91 Å². The molecule has 0 saturated heterocycles. The molecule has 0 aliphatic rings. The number of hydrogen-bond acceptors (Lipinski definition) is 2. The van der Waals surface area contributed by atoms with Gasteiger partial charge < -0.3 is 10.3 Å². The number of hydrogen-bond donors (Lipinski definition) is 2. The highest BCUT2D eigenvalue weighted by Gasteiger charge is 2.04. The lowest BCUT2D eigenvalue weighted by atomic mass is 10.1. The molecule has 4 nitrogen and oxygen atoms in total. The van der Waals surface area contributed by atoms with E-state index in [1.807, 2.05) is 6.92 Å². The second-order valence-electron chi connectivity index (χ2n) is 4.40. The van der Waals surface area contributed by atoms with Crippen LogP contribution in [-0.4, -0.2) is 22.4 Å². The number of nitrogens with zero attached hydrogens (tertiary/aromatic N) is 1. The lowest BCUT2D eigenvalue weighted by Gasteiger charge is -2.04. The maximum absolute atomic E-state index is 12.7. The van der Waals surface area contributed by atoms with Crippen molar-refractivity contribution in [2.45, 2.75) is 19.8 Å². The van der Waals surface area contributed by atoms with Crippen LogP contribution in [-0.2, 0) is 17.6 Å². The molecule has 0 spiro atoms. The summed E-state index contributed by atoms with van der Waals surface area (Å²) < 4.78 is 12.7. The third-order valence-electron chi connectivity index (χ3n) is 2.75. The van der Waals surface area contributed by atoms with Gasteiger partial charge in [-0.3, -0.25) is 4.79 Å². The number of benzene rings is 1. The third kappa shape index (κ3) is 4.21. The molecular weight excluding hydrogens is 245 g/mol. The molecule has 2 aromatic rings. The summed E-state index contributed by atoms with van der Waals surface area (Å²) in [5, 5.41) is 2.82. The fraction of sp³-hybridized carbons (Fsp3) is 0.286. The summed E-state index contributed by atoms with van der Waals surface area (Å²) in [6, 6.07) is 5.95. The fourth-order valence-electron chi connectivity index (χ4n) is 1.79. The largest absolute Gasteiger partial charge is 0.355 e. The molecule has 1 aromatic heterocycles. The zero-order chi connectivity index (χ0) is 13.7. The van der Waals surface area contributed by atoms with Crippen molar-refractivity contribution in [1.82, 2.24) is 15.3 Å². The number of nitrogens with one attached hydrogen (secondary N) is 2. The van der Waals surface area contributed by atoms with Crippen LogP contribution in [0.4, 0.5) is 4.39 Å². The summed E-state index contributed by atoms with van der Waals surface area (Å²) >= 11 is 0. The van der Waals surface area contributed by atoms with Gasteiger partial charge in [0.05, 0.1) is 6.42 Å². The summed E-state index contributed by atoms with van der Waals surface area (Å²) in [4.78, 5) is 18.9. The van der Waals surface area contributed by atoms with Crippen LogP contribution in [0.2, 0.25) is 0 Å². The first-order chi connectivity index (χ1) is 9.13. The van der Waals surface area contributed by atoms with Gasteiger partial charge in [0.15, 0.2) is 0 Å². The molecule has 0 aliphatic carbocycles. The van der Waals surface area contributed by atoms with Crippen molar-refractivity contribution in [3.05, 3.63) is 53.4 Å². The molecule has 0 aliphatic heterocycles. The van der Waals surface area contributed by atoms with E-state index in [2.05, 4.69) is 15.3 Å². The highest BCUT2D eigenvalue weighted by Crippen LogP contribution is 2.03. The third-order valence-corrected chi connectivity index (χ3v) is 2.75. The van der Waals surface area contributed by atoms with Crippen LogP contribution in [0.15, 0.2) is 30.5 Å². The number of carbonyl (C=O) groups is 1. The second-order valence-corrected chi connectivity index (χ2v) is 4.40. The van der Waals surface area contributed by atoms with Crippen LogP contribution in [0.25, 0.3) is 0 Å². The van der Waals surface area contributed by atoms with Gasteiger partial charge in [-0.1, -0.05) is 12.1 Å². The van der Waals surface area contributed by atoms with Crippen molar-refractivity contribution in [3.8, 4) is 0 Å². The van der Waals surface area contributed by atoms with Crippen LogP contribution >= 0.6 is 0 Å². The van der Waals surface area contributed by atoms with E-state index in [-0.39, 0.29) is 18.1 Å². The highest BCUT2D eigenvalue weighted by molar-refractivity contribution is 5.78. The van der Waals surface area contributed by atoms with Crippen molar-refractivity contribution in [2.75, 3.05) is 6.54 Å². The van der Waals surface area contributed by atoms with Crippen LogP contribution in [0.3, 0.4) is 0 Å². The molecule has 0 unspecified atom stereocenters. The zero-order valence-corrected chi connectivity index (χ0v) is 10.7. The number of aryl methyl sites for hydroxylation is 1. The summed E-state index contributed by atoms with van der Waals surface area (Å²) in [6.07, 6.45) is 2.75. The molecule has 1 heterocycles. The fourth-order valence-corrected chi connectivity index (χ4v) is 1.79. The molecule has 0 atom stereocenters. The monoisotopic (exact) mass is 261 g/mol. The van der Waals surface area contributed by atoms with Gasteiger partial charge in [-0.2, -0.15) is 0 Å². The average molecular weight is 261 g/mol. The van der Waals surface area contributed by atoms with Crippen LogP contribution < -0.4 is 5.32 Å². The van der Waals surface area contributed by atoms with E-state index >= 15 is 0 Å². The number of aromatic amines is 1. The Morgan fingerprint density at radius 2 is 2.11 bits per heavy atom. The Kier molecular flexibility index (Phi) is 4.28. The van der Waals surface area contributed by atoms with E-state index in [0.29, 0.717) is 6.54 Å². The minimum absolute atomic E-state index is 0.0668. The van der Waals surface area contributed by atoms with Crippen molar-refractivity contribution >= 4 is 5.91 Å². The maximum Gasteiger partial charge on any atom is 0.224 e. The molecule has 2 N–H and O–H groups in total. The van der Waals surface area contributed by atoms with E-state index < -0.39 is 0 Å². The van der Waals surface area contributed by atoms with Gasteiger partial charge in [0.1, 0.15) is 11.6 Å². The molecule has 100 valence electrons. The predicted octanol–water partition coefficient (Wildman–Crippen LogP) is 1.76. The van der Waals surface area contributed by atoms with Crippen LogP contribution in [0.1, 0.15) is 17.1 Å². The Hall–Kier alpha value is -2.17. The summed E-state index contributed by atoms with van der Waals surface area (Å²) in [5.74, 6) is 0.509. The van der Waals surface area contributed by atoms with E-state index in [1.54, 1.807) is 18.3 Å². The zero-order valence-electron chi connectivity index (χ0n) is 10.7. The molecule has 1 aromatic carbocycles. The summed E-state index contributed by atoms with van der Waals surface area (Å²) in [7, 11) is 0. The molecule has 0 saturated carbocycles. The van der Waals surface area contributed by atoms with Crippen molar-refractivity contribution in [1.29, 1.82) is 0 Å². The summed E-state index contributed by atoms with van der Waals surface area (Å²) in [6.45, 7) is 2.44. The molecule has 0 radical (unpaired) electrons. The second kappa shape index (κ2) is 6.13.